The summed E-state index contributed by atoms with van der Waals surface area (Å²) in [4.78, 5) is 39.8. The van der Waals surface area contributed by atoms with E-state index in [9.17, 15) is 14.4 Å². The van der Waals surface area contributed by atoms with E-state index in [2.05, 4.69) is 21.2 Å². The molecule has 0 atom stereocenters. The van der Waals surface area contributed by atoms with Crippen molar-refractivity contribution in [3.8, 4) is 5.75 Å². The molecule has 3 aromatic carbocycles. The third-order valence-corrected chi connectivity index (χ3v) is 5.63. The first-order chi connectivity index (χ1) is 14.9. The summed E-state index contributed by atoms with van der Waals surface area (Å²) in [5.74, 6) is -0.472. The van der Waals surface area contributed by atoms with Gasteiger partial charge in [0.05, 0.1) is 19.2 Å². The van der Waals surface area contributed by atoms with Crippen LogP contribution < -0.4 is 15.0 Å². The zero-order chi connectivity index (χ0) is 22.1. The van der Waals surface area contributed by atoms with E-state index in [1.165, 1.54) is 12.0 Å². The lowest BCUT2D eigenvalue weighted by atomic mass is 9.97. The van der Waals surface area contributed by atoms with Gasteiger partial charge in [-0.15, -0.1) is 0 Å². The smallest absolute Gasteiger partial charge is 0.265 e. The number of nitrogens with zero attached hydrogens (tertiary/aromatic N) is 1. The molecule has 31 heavy (non-hydrogen) atoms. The number of imide groups is 1. The number of carbonyl (C=O) groups excluding carboxylic acids is 3. The van der Waals surface area contributed by atoms with Crippen molar-refractivity contribution in [1.82, 2.24) is 0 Å². The summed E-state index contributed by atoms with van der Waals surface area (Å²) in [5, 5.41) is 2.83. The number of aryl methyl sites for hydroxylation is 1. The zero-order valence-electron chi connectivity index (χ0n) is 16.9. The number of carbonyl (C=O) groups is 3. The Balaban J connectivity index is 1.67. The molecule has 0 aliphatic carbocycles. The van der Waals surface area contributed by atoms with Gasteiger partial charge in [-0.25, -0.2) is 4.90 Å². The van der Waals surface area contributed by atoms with Gasteiger partial charge in [0, 0.05) is 21.3 Å². The molecule has 0 unspecified atom stereocenters. The molecule has 1 N–H and O–H groups in total. The van der Waals surface area contributed by atoms with E-state index in [0.29, 0.717) is 33.8 Å². The third-order valence-electron chi connectivity index (χ3n) is 5.14. The van der Waals surface area contributed by atoms with Crippen LogP contribution in [0.3, 0.4) is 0 Å². The molecule has 1 aliphatic rings. The second kappa shape index (κ2) is 8.35. The summed E-state index contributed by atoms with van der Waals surface area (Å²) in [6, 6.07) is 17.3. The van der Waals surface area contributed by atoms with Crippen molar-refractivity contribution in [3.63, 3.8) is 0 Å². The number of ether oxygens (including phenoxy) is 1. The van der Waals surface area contributed by atoms with Crippen molar-refractivity contribution in [1.29, 1.82) is 0 Å². The first-order valence-corrected chi connectivity index (χ1v) is 10.4. The van der Waals surface area contributed by atoms with E-state index >= 15 is 0 Å². The molecular formula is C24H19BrN2O4. The van der Waals surface area contributed by atoms with Gasteiger partial charge in [0.1, 0.15) is 5.75 Å². The first-order valence-electron chi connectivity index (χ1n) is 9.59. The lowest BCUT2D eigenvalue weighted by Crippen LogP contribution is -2.42. The number of benzene rings is 3. The molecular weight excluding hydrogens is 460 g/mol. The van der Waals surface area contributed by atoms with Gasteiger partial charge in [-0.3, -0.25) is 14.4 Å². The largest absolute Gasteiger partial charge is 0.497 e. The highest BCUT2D eigenvalue weighted by atomic mass is 79.9. The zero-order valence-corrected chi connectivity index (χ0v) is 18.5. The Bertz CT molecular complexity index is 1220. The van der Waals surface area contributed by atoms with Gasteiger partial charge in [-0.1, -0.05) is 34.1 Å². The number of rotatable bonds is 4. The van der Waals surface area contributed by atoms with E-state index < -0.39 is 5.91 Å². The summed E-state index contributed by atoms with van der Waals surface area (Å²) in [6.45, 7) is 1.82. The maximum absolute atomic E-state index is 13.2. The highest BCUT2D eigenvalue weighted by Gasteiger charge is 2.33. The topological polar surface area (TPSA) is 75.7 Å². The SMILES string of the molecule is COc1ccc2c(c1)C(=O)N(c1cc(NC(=O)c3cccc(Br)c3)ccc1C)C(=O)C2. The van der Waals surface area contributed by atoms with Crippen molar-refractivity contribution in [2.75, 3.05) is 17.3 Å². The van der Waals surface area contributed by atoms with Crippen LogP contribution in [0.15, 0.2) is 65.1 Å². The molecule has 0 bridgehead atoms. The molecule has 4 rings (SSSR count). The standard InChI is InChI=1S/C24H19BrN2O4/c1-14-6-8-18(26-23(29)16-4-3-5-17(25)10-16)12-21(14)27-22(28)11-15-7-9-19(31-2)13-20(15)24(27)30/h3-10,12-13H,11H2,1-2H3,(H,26,29). The minimum Gasteiger partial charge on any atom is -0.497 e. The summed E-state index contributed by atoms with van der Waals surface area (Å²) >= 11 is 3.36. The van der Waals surface area contributed by atoms with Crippen LogP contribution in [-0.2, 0) is 11.2 Å². The van der Waals surface area contributed by atoms with Gasteiger partial charge in [0.25, 0.3) is 11.8 Å². The Labute approximate surface area is 188 Å². The fraction of sp³-hybridized carbons (Fsp3) is 0.125. The van der Waals surface area contributed by atoms with E-state index in [0.717, 1.165) is 10.0 Å². The quantitative estimate of drug-likeness (QED) is 0.549. The number of anilines is 2. The predicted molar refractivity (Wildman–Crippen MR) is 122 cm³/mol. The highest BCUT2D eigenvalue weighted by molar-refractivity contribution is 9.10. The Morgan fingerprint density at radius 1 is 1.06 bits per heavy atom. The minimum absolute atomic E-state index is 0.110. The molecule has 1 aliphatic heterocycles. The van der Waals surface area contributed by atoms with Crippen molar-refractivity contribution in [2.24, 2.45) is 0 Å². The van der Waals surface area contributed by atoms with Crippen molar-refractivity contribution in [3.05, 3.63) is 87.4 Å². The lowest BCUT2D eigenvalue weighted by Gasteiger charge is -2.28. The summed E-state index contributed by atoms with van der Waals surface area (Å²) < 4.78 is 6.02. The second-order valence-corrected chi connectivity index (χ2v) is 8.12. The maximum Gasteiger partial charge on any atom is 0.265 e. The monoisotopic (exact) mass is 478 g/mol. The first kappa shape index (κ1) is 20.8. The summed E-state index contributed by atoms with van der Waals surface area (Å²) in [7, 11) is 1.53. The van der Waals surface area contributed by atoms with Gasteiger partial charge >= 0.3 is 0 Å². The molecule has 0 saturated carbocycles. The van der Waals surface area contributed by atoms with Gasteiger partial charge < -0.3 is 10.1 Å². The Hall–Kier alpha value is -3.45. The summed E-state index contributed by atoms with van der Waals surface area (Å²) in [6.07, 6.45) is 0.110. The normalized spacial score (nSPS) is 13.1. The molecule has 0 fully saturated rings. The van der Waals surface area contributed by atoms with Crippen LogP contribution in [0.1, 0.15) is 31.8 Å². The van der Waals surface area contributed by atoms with E-state index in [4.69, 9.17) is 4.74 Å². The van der Waals surface area contributed by atoms with Gasteiger partial charge in [0.15, 0.2) is 0 Å². The van der Waals surface area contributed by atoms with Crippen molar-refractivity contribution in [2.45, 2.75) is 13.3 Å². The van der Waals surface area contributed by atoms with Crippen LogP contribution in [-0.4, -0.2) is 24.8 Å². The van der Waals surface area contributed by atoms with Crippen molar-refractivity contribution < 1.29 is 19.1 Å². The molecule has 156 valence electrons. The second-order valence-electron chi connectivity index (χ2n) is 7.20. The molecule has 0 radical (unpaired) electrons. The van der Waals surface area contributed by atoms with Gasteiger partial charge in [0.2, 0.25) is 5.91 Å². The number of halogens is 1. The maximum atomic E-state index is 13.2. The molecule has 3 aromatic rings. The van der Waals surface area contributed by atoms with Crippen LogP contribution in [0, 0.1) is 6.92 Å². The lowest BCUT2D eigenvalue weighted by molar-refractivity contribution is -0.117. The molecule has 7 heteroatoms. The van der Waals surface area contributed by atoms with E-state index in [-0.39, 0.29) is 18.2 Å². The minimum atomic E-state index is -0.413. The Kier molecular flexibility index (Phi) is 5.61. The highest BCUT2D eigenvalue weighted by Crippen LogP contribution is 2.32. The van der Waals surface area contributed by atoms with Crippen LogP contribution in [0.4, 0.5) is 11.4 Å². The number of hydrogen-bond donors (Lipinski definition) is 1. The average molecular weight is 479 g/mol. The molecule has 0 saturated heterocycles. The van der Waals surface area contributed by atoms with Crippen LogP contribution in [0.5, 0.6) is 5.75 Å². The van der Waals surface area contributed by atoms with Crippen LogP contribution >= 0.6 is 15.9 Å². The van der Waals surface area contributed by atoms with Gasteiger partial charge in [-0.2, -0.15) is 0 Å². The Morgan fingerprint density at radius 3 is 2.61 bits per heavy atom. The van der Waals surface area contributed by atoms with Crippen LogP contribution in [0.2, 0.25) is 0 Å². The molecule has 0 aromatic heterocycles. The summed E-state index contributed by atoms with van der Waals surface area (Å²) in [5.41, 5.74) is 3.26. The number of fused-ring (bicyclic) bond motifs is 1. The molecule has 0 spiro atoms. The van der Waals surface area contributed by atoms with Crippen LogP contribution in [0.25, 0.3) is 0 Å². The molecule has 3 amide bonds. The Morgan fingerprint density at radius 2 is 1.87 bits per heavy atom. The number of methoxy groups -OCH3 is 1. The van der Waals surface area contributed by atoms with E-state index in [1.54, 1.807) is 54.6 Å². The van der Waals surface area contributed by atoms with E-state index in [1.807, 2.05) is 13.0 Å². The molecule has 1 heterocycles. The number of amides is 3. The van der Waals surface area contributed by atoms with Crippen molar-refractivity contribution >= 4 is 45.0 Å². The molecule has 6 nitrogen and oxygen atoms in total. The number of nitrogens with one attached hydrogen (secondary N) is 1. The van der Waals surface area contributed by atoms with Gasteiger partial charge in [-0.05, 0) is 60.5 Å². The number of hydrogen-bond acceptors (Lipinski definition) is 4. The third kappa shape index (κ3) is 4.09. The fourth-order valence-corrected chi connectivity index (χ4v) is 3.92. The predicted octanol–water partition coefficient (Wildman–Crippen LogP) is 4.75. The average Bonchev–Trinajstić information content (AvgIpc) is 2.75. The fourth-order valence-electron chi connectivity index (χ4n) is 3.52.